The molecule has 0 saturated carbocycles. The first-order valence-corrected chi connectivity index (χ1v) is 11.2. The summed E-state index contributed by atoms with van der Waals surface area (Å²) in [6.45, 7) is 2.05. The van der Waals surface area contributed by atoms with Crippen LogP contribution in [0.3, 0.4) is 0 Å². The lowest BCUT2D eigenvalue weighted by Gasteiger charge is -2.25. The van der Waals surface area contributed by atoms with Gasteiger partial charge in [-0.1, -0.05) is 42.8 Å². The minimum atomic E-state index is -0.735. The van der Waals surface area contributed by atoms with E-state index < -0.39 is 17.9 Å². The number of methoxy groups -OCH3 is 1. The van der Waals surface area contributed by atoms with Gasteiger partial charge in [-0.2, -0.15) is 0 Å². The van der Waals surface area contributed by atoms with E-state index in [9.17, 15) is 14.4 Å². The molecule has 34 heavy (non-hydrogen) atoms. The molecule has 1 aliphatic heterocycles. The summed E-state index contributed by atoms with van der Waals surface area (Å²) in [7, 11) is 1.31. The summed E-state index contributed by atoms with van der Waals surface area (Å²) in [5.41, 5.74) is 3.01. The Morgan fingerprint density at radius 3 is 2.38 bits per heavy atom. The molecule has 0 saturated heterocycles. The van der Waals surface area contributed by atoms with Gasteiger partial charge in [-0.05, 0) is 60.0 Å². The number of hydrogen-bond donors (Lipinski definition) is 0. The van der Waals surface area contributed by atoms with E-state index in [0.717, 1.165) is 12.0 Å². The highest BCUT2D eigenvalue weighted by atomic mass is 35.5. The minimum Gasteiger partial charge on any atom is -0.465 e. The number of ether oxygens (including phenoxy) is 1. The van der Waals surface area contributed by atoms with Gasteiger partial charge in [0.05, 0.1) is 29.7 Å². The molecule has 1 atom stereocenters. The fourth-order valence-corrected chi connectivity index (χ4v) is 4.51. The smallest absolute Gasteiger partial charge is 0.337 e. The van der Waals surface area contributed by atoms with Crippen molar-refractivity contribution in [1.82, 2.24) is 0 Å². The highest BCUT2D eigenvalue weighted by Gasteiger charge is 2.43. The van der Waals surface area contributed by atoms with Crippen molar-refractivity contribution >= 4 is 40.1 Å². The Balaban J connectivity index is 1.74. The largest absolute Gasteiger partial charge is 0.465 e. The maximum absolute atomic E-state index is 13.6. The fourth-order valence-electron chi connectivity index (χ4n) is 4.34. The summed E-state index contributed by atoms with van der Waals surface area (Å²) in [6.07, 6.45) is 0.860. The van der Waals surface area contributed by atoms with Gasteiger partial charge in [0.2, 0.25) is 5.76 Å². The molecule has 0 aliphatic carbocycles. The van der Waals surface area contributed by atoms with Crippen LogP contribution in [-0.4, -0.2) is 19.0 Å². The first-order chi connectivity index (χ1) is 16.4. The molecule has 1 amide bonds. The number of hydrogen-bond acceptors (Lipinski definition) is 5. The zero-order chi connectivity index (χ0) is 24.0. The number of benzene rings is 3. The van der Waals surface area contributed by atoms with Crippen molar-refractivity contribution in [3.8, 4) is 0 Å². The van der Waals surface area contributed by atoms with Crippen molar-refractivity contribution in [3.05, 3.63) is 110 Å². The summed E-state index contributed by atoms with van der Waals surface area (Å²) < 4.78 is 10.7. The number of anilines is 1. The van der Waals surface area contributed by atoms with Crippen LogP contribution in [0.4, 0.5) is 5.69 Å². The Morgan fingerprint density at radius 1 is 1.03 bits per heavy atom. The second-order valence-electron chi connectivity index (χ2n) is 8.03. The van der Waals surface area contributed by atoms with E-state index in [0.29, 0.717) is 32.8 Å². The van der Waals surface area contributed by atoms with Gasteiger partial charge in [0.15, 0.2) is 5.43 Å². The predicted molar refractivity (Wildman–Crippen MR) is 130 cm³/mol. The summed E-state index contributed by atoms with van der Waals surface area (Å²) >= 11 is 6.14. The van der Waals surface area contributed by atoms with Gasteiger partial charge in [-0.3, -0.25) is 14.5 Å². The summed E-state index contributed by atoms with van der Waals surface area (Å²) in [5, 5.41) is 0.702. The molecule has 3 aromatic carbocycles. The average Bonchev–Trinajstić information content (AvgIpc) is 3.16. The van der Waals surface area contributed by atoms with Crippen LogP contribution >= 0.6 is 11.6 Å². The number of aryl methyl sites for hydroxylation is 1. The summed E-state index contributed by atoms with van der Waals surface area (Å²) in [6, 6.07) is 18.3. The monoisotopic (exact) mass is 473 g/mol. The minimum absolute atomic E-state index is 0.00133. The Morgan fingerprint density at radius 2 is 1.74 bits per heavy atom. The Bertz CT molecular complexity index is 1490. The van der Waals surface area contributed by atoms with Crippen molar-refractivity contribution in [3.63, 3.8) is 0 Å². The van der Waals surface area contributed by atoms with Crippen LogP contribution in [0.5, 0.6) is 0 Å². The number of fused-ring (bicyclic) bond motifs is 2. The fraction of sp³-hybridized carbons (Fsp3) is 0.148. The number of carbonyl (C=O) groups excluding carboxylic acids is 2. The first kappa shape index (κ1) is 21.9. The molecular formula is C27H20ClNO5. The molecule has 1 aliphatic rings. The van der Waals surface area contributed by atoms with Crippen LogP contribution in [0.1, 0.15) is 50.6 Å². The molecular weight excluding hydrogens is 454 g/mol. The topological polar surface area (TPSA) is 76.8 Å². The van der Waals surface area contributed by atoms with Crippen molar-refractivity contribution in [2.24, 2.45) is 0 Å². The van der Waals surface area contributed by atoms with E-state index in [1.807, 2.05) is 24.3 Å². The third-order valence-electron chi connectivity index (χ3n) is 6.10. The molecule has 0 bridgehead atoms. The third-order valence-corrected chi connectivity index (χ3v) is 6.34. The third kappa shape index (κ3) is 3.47. The maximum Gasteiger partial charge on any atom is 0.337 e. The predicted octanol–water partition coefficient (Wildman–Crippen LogP) is 5.55. The second kappa shape index (κ2) is 8.47. The van der Waals surface area contributed by atoms with Crippen LogP contribution in [0.15, 0.2) is 75.9 Å². The van der Waals surface area contributed by atoms with Gasteiger partial charge < -0.3 is 9.15 Å². The number of carbonyl (C=O) groups is 2. The highest BCUT2D eigenvalue weighted by Crippen LogP contribution is 2.41. The molecule has 1 unspecified atom stereocenters. The number of esters is 1. The van der Waals surface area contributed by atoms with Crippen LogP contribution in [-0.2, 0) is 11.2 Å². The Hall–Kier alpha value is -3.90. The molecule has 6 nitrogen and oxygen atoms in total. The highest BCUT2D eigenvalue weighted by molar-refractivity contribution is 6.31. The second-order valence-corrected chi connectivity index (χ2v) is 8.46. The zero-order valence-corrected chi connectivity index (χ0v) is 19.3. The standard InChI is InChI=1S/C27H20ClNO5/c1-3-15-4-11-19(12-5-15)29-23(16-6-8-17(9-7-16)27(32)33-2)22-24(30)20-14-18(28)10-13-21(20)34-25(22)26(29)31/h4-14,23H,3H2,1-2H3. The van der Waals surface area contributed by atoms with Crippen molar-refractivity contribution in [2.75, 3.05) is 12.0 Å². The number of halogens is 1. The first-order valence-electron chi connectivity index (χ1n) is 10.8. The van der Waals surface area contributed by atoms with E-state index in [4.69, 9.17) is 20.8 Å². The van der Waals surface area contributed by atoms with Gasteiger partial charge in [-0.25, -0.2) is 4.79 Å². The van der Waals surface area contributed by atoms with Crippen LogP contribution in [0.25, 0.3) is 11.0 Å². The summed E-state index contributed by atoms with van der Waals surface area (Å²) in [4.78, 5) is 40.7. The van der Waals surface area contributed by atoms with Crippen molar-refractivity contribution in [1.29, 1.82) is 0 Å². The molecule has 170 valence electrons. The van der Waals surface area contributed by atoms with E-state index in [-0.39, 0.29) is 16.8 Å². The van der Waals surface area contributed by atoms with E-state index in [1.54, 1.807) is 47.4 Å². The SMILES string of the molecule is CCc1ccc(N2C(=O)c3oc4ccc(Cl)cc4c(=O)c3C2c2ccc(C(=O)OC)cc2)cc1. The van der Waals surface area contributed by atoms with Gasteiger partial charge >= 0.3 is 5.97 Å². The molecule has 2 heterocycles. The maximum atomic E-state index is 13.6. The van der Waals surface area contributed by atoms with Gasteiger partial charge in [0, 0.05) is 10.7 Å². The van der Waals surface area contributed by atoms with Crippen molar-refractivity contribution < 1.29 is 18.7 Å². The van der Waals surface area contributed by atoms with E-state index in [1.165, 1.54) is 7.11 Å². The summed E-state index contributed by atoms with van der Waals surface area (Å²) in [5.74, 6) is -0.877. The number of amides is 1. The molecule has 0 fully saturated rings. The number of rotatable bonds is 4. The van der Waals surface area contributed by atoms with E-state index in [2.05, 4.69) is 6.92 Å². The van der Waals surface area contributed by atoms with Gasteiger partial charge in [0.1, 0.15) is 5.58 Å². The lowest BCUT2D eigenvalue weighted by molar-refractivity contribution is 0.0600. The van der Waals surface area contributed by atoms with E-state index >= 15 is 0 Å². The van der Waals surface area contributed by atoms with Crippen LogP contribution in [0.2, 0.25) is 5.02 Å². The molecule has 0 N–H and O–H groups in total. The Labute approximate surface area is 200 Å². The Kier molecular flexibility index (Phi) is 5.46. The van der Waals surface area contributed by atoms with Crippen LogP contribution < -0.4 is 10.3 Å². The zero-order valence-electron chi connectivity index (χ0n) is 18.5. The molecule has 4 aromatic rings. The molecule has 0 spiro atoms. The molecule has 7 heteroatoms. The number of nitrogens with zero attached hydrogens (tertiary/aromatic N) is 1. The lowest BCUT2D eigenvalue weighted by atomic mass is 9.97. The van der Waals surface area contributed by atoms with Crippen LogP contribution in [0, 0.1) is 0 Å². The lowest BCUT2D eigenvalue weighted by Crippen LogP contribution is -2.29. The van der Waals surface area contributed by atoms with Crippen molar-refractivity contribution in [2.45, 2.75) is 19.4 Å². The molecule has 5 rings (SSSR count). The normalized spacial score (nSPS) is 15.0. The van der Waals surface area contributed by atoms with Gasteiger partial charge in [0.25, 0.3) is 5.91 Å². The molecule has 0 radical (unpaired) electrons. The molecule has 1 aromatic heterocycles. The van der Waals surface area contributed by atoms with Gasteiger partial charge in [-0.15, -0.1) is 0 Å². The average molecular weight is 474 g/mol. The quantitative estimate of drug-likeness (QED) is 0.363.